The van der Waals surface area contributed by atoms with E-state index in [-0.39, 0.29) is 24.6 Å². The van der Waals surface area contributed by atoms with Crippen LogP contribution in [0.5, 0.6) is 5.75 Å². The Morgan fingerprint density at radius 2 is 2.12 bits per heavy atom. The predicted octanol–water partition coefficient (Wildman–Crippen LogP) is 1.87. The summed E-state index contributed by atoms with van der Waals surface area (Å²) in [6.45, 7) is 2.01. The van der Waals surface area contributed by atoms with Crippen LogP contribution in [0.1, 0.15) is 35.3 Å². The van der Waals surface area contributed by atoms with E-state index in [1.165, 1.54) is 18.1 Å². The Bertz CT molecular complexity index is 1260. The van der Waals surface area contributed by atoms with E-state index in [0.29, 0.717) is 40.6 Å². The quantitative estimate of drug-likeness (QED) is 0.520. The number of benzene rings is 1. The fraction of sp³-hybridized carbons (Fsp3) is 0.348. The van der Waals surface area contributed by atoms with Crippen molar-refractivity contribution >= 4 is 40.4 Å². The molecule has 2 atom stereocenters. The van der Waals surface area contributed by atoms with E-state index < -0.39 is 23.8 Å². The first kappa shape index (κ1) is 23.5. The Hall–Kier alpha value is -3.66. The summed E-state index contributed by atoms with van der Waals surface area (Å²) in [5, 5.41) is 3.35. The van der Waals surface area contributed by atoms with Gasteiger partial charge in [0.2, 0.25) is 11.8 Å². The number of pyridine rings is 1. The first-order valence-electron chi connectivity index (χ1n) is 10.7. The van der Waals surface area contributed by atoms with Crippen LogP contribution in [0.2, 0.25) is 5.02 Å². The molecule has 1 saturated heterocycles. The standard InChI is InChI=1S/C23H24ClN5O5/c1-12-11-29(17(10-19(25)30)22(31)27-12)23(32)13-7-16-21(18(8-13)33-2)34-20(28-16)4-3-15-9-14(24)5-6-26-15/h5-9,12,17H,3-4,10-11H2,1-2H3,(H2,25,30)(H,27,31). The summed E-state index contributed by atoms with van der Waals surface area (Å²) in [6.07, 6.45) is 2.41. The van der Waals surface area contributed by atoms with Gasteiger partial charge in [0.15, 0.2) is 17.2 Å². The number of aryl methyl sites for hydroxylation is 2. The number of carbonyl (C=O) groups excluding carboxylic acids is 3. The number of fused-ring (bicyclic) bond motifs is 1. The summed E-state index contributed by atoms with van der Waals surface area (Å²) in [7, 11) is 1.47. The molecule has 2 unspecified atom stereocenters. The van der Waals surface area contributed by atoms with Gasteiger partial charge in [0.1, 0.15) is 11.6 Å². The van der Waals surface area contributed by atoms with Crippen molar-refractivity contribution in [2.45, 2.75) is 38.3 Å². The maximum Gasteiger partial charge on any atom is 0.254 e. The number of carbonyl (C=O) groups is 3. The van der Waals surface area contributed by atoms with Gasteiger partial charge < -0.3 is 25.1 Å². The number of halogens is 1. The second-order valence-corrected chi connectivity index (χ2v) is 8.59. The van der Waals surface area contributed by atoms with Crippen LogP contribution in [0, 0.1) is 0 Å². The van der Waals surface area contributed by atoms with Crippen molar-refractivity contribution < 1.29 is 23.5 Å². The van der Waals surface area contributed by atoms with E-state index in [9.17, 15) is 14.4 Å². The van der Waals surface area contributed by atoms with Crippen molar-refractivity contribution in [2.75, 3.05) is 13.7 Å². The number of ether oxygens (including phenoxy) is 1. The minimum absolute atomic E-state index is 0.236. The molecule has 0 bridgehead atoms. The molecule has 2 aromatic heterocycles. The van der Waals surface area contributed by atoms with Crippen LogP contribution in [0.3, 0.4) is 0 Å². The number of amides is 3. The second-order valence-electron chi connectivity index (χ2n) is 8.15. The molecule has 3 amide bonds. The topological polar surface area (TPSA) is 141 Å². The molecule has 10 nitrogen and oxygen atoms in total. The molecule has 1 aromatic carbocycles. The second kappa shape index (κ2) is 9.68. The third-order valence-corrected chi connectivity index (χ3v) is 5.77. The van der Waals surface area contributed by atoms with Crippen LogP contribution in [0.25, 0.3) is 11.1 Å². The molecule has 0 aliphatic carbocycles. The van der Waals surface area contributed by atoms with Crippen molar-refractivity contribution in [3.8, 4) is 5.75 Å². The molecule has 0 saturated carbocycles. The van der Waals surface area contributed by atoms with Gasteiger partial charge in [-0.15, -0.1) is 0 Å². The fourth-order valence-corrected chi connectivity index (χ4v) is 4.17. The molecular formula is C23H24ClN5O5. The normalized spacial score (nSPS) is 18.1. The third-order valence-electron chi connectivity index (χ3n) is 5.53. The van der Waals surface area contributed by atoms with Crippen molar-refractivity contribution in [1.82, 2.24) is 20.2 Å². The summed E-state index contributed by atoms with van der Waals surface area (Å²) in [5.41, 5.74) is 7.23. The number of aromatic nitrogens is 2. The van der Waals surface area contributed by atoms with E-state index in [2.05, 4.69) is 15.3 Å². The van der Waals surface area contributed by atoms with Crippen LogP contribution in [-0.4, -0.2) is 58.3 Å². The van der Waals surface area contributed by atoms with Gasteiger partial charge in [-0.2, -0.15) is 0 Å². The van der Waals surface area contributed by atoms with Crippen molar-refractivity contribution in [3.63, 3.8) is 0 Å². The number of piperazine rings is 1. The molecule has 4 rings (SSSR count). The highest BCUT2D eigenvalue weighted by Crippen LogP contribution is 2.30. The smallest absolute Gasteiger partial charge is 0.254 e. The van der Waals surface area contributed by atoms with Crippen molar-refractivity contribution in [1.29, 1.82) is 0 Å². The van der Waals surface area contributed by atoms with E-state index in [0.717, 1.165) is 5.69 Å². The number of nitrogens with zero attached hydrogens (tertiary/aromatic N) is 3. The predicted molar refractivity (Wildman–Crippen MR) is 123 cm³/mol. The molecule has 34 heavy (non-hydrogen) atoms. The SMILES string of the molecule is COc1cc(C(=O)N2CC(C)NC(=O)C2CC(N)=O)cc2nc(CCc3cc(Cl)ccn3)oc12. The fourth-order valence-electron chi connectivity index (χ4n) is 3.98. The Balaban J connectivity index is 1.62. The summed E-state index contributed by atoms with van der Waals surface area (Å²) >= 11 is 6.02. The largest absolute Gasteiger partial charge is 0.493 e. The zero-order valence-electron chi connectivity index (χ0n) is 18.7. The zero-order chi connectivity index (χ0) is 24.4. The number of hydrogen-bond acceptors (Lipinski definition) is 7. The van der Waals surface area contributed by atoms with E-state index in [1.807, 2.05) is 0 Å². The minimum Gasteiger partial charge on any atom is -0.493 e. The summed E-state index contributed by atoms with van der Waals surface area (Å²) in [5.74, 6) is -0.729. The van der Waals surface area contributed by atoms with Gasteiger partial charge in [0.25, 0.3) is 5.91 Å². The van der Waals surface area contributed by atoms with Gasteiger partial charge in [-0.05, 0) is 37.6 Å². The van der Waals surface area contributed by atoms with Crippen LogP contribution >= 0.6 is 11.6 Å². The van der Waals surface area contributed by atoms with Crippen LogP contribution < -0.4 is 15.8 Å². The van der Waals surface area contributed by atoms with E-state index in [1.54, 1.807) is 31.3 Å². The number of nitrogens with one attached hydrogen (secondary N) is 1. The first-order valence-corrected chi connectivity index (χ1v) is 11.1. The molecule has 178 valence electrons. The number of oxazole rings is 1. The van der Waals surface area contributed by atoms with Crippen molar-refractivity contribution in [2.24, 2.45) is 5.73 Å². The van der Waals surface area contributed by atoms with Gasteiger partial charge in [0.05, 0.1) is 13.5 Å². The maximum atomic E-state index is 13.4. The highest BCUT2D eigenvalue weighted by atomic mass is 35.5. The van der Waals surface area contributed by atoms with Crippen LogP contribution in [0.15, 0.2) is 34.9 Å². The van der Waals surface area contributed by atoms with Gasteiger partial charge >= 0.3 is 0 Å². The van der Waals surface area contributed by atoms with Gasteiger partial charge in [-0.25, -0.2) is 4.98 Å². The molecular weight excluding hydrogens is 462 g/mol. The lowest BCUT2D eigenvalue weighted by atomic mass is 10.0. The Morgan fingerprint density at radius 3 is 2.82 bits per heavy atom. The molecule has 11 heteroatoms. The Morgan fingerprint density at radius 1 is 1.32 bits per heavy atom. The molecule has 3 heterocycles. The lowest BCUT2D eigenvalue weighted by Crippen LogP contribution is -2.61. The molecule has 3 N–H and O–H groups in total. The van der Waals surface area contributed by atoms with Gasteiger partial charge in [0, 0.05) is 41.5 Å². The van der Waals surface area contributed by atoms with Gasteiger partial charge in [-0.1, -0.05) is 11.6 Å². The average Bonchev–Trinajstić information content (AvgIpc) is 3.21. The maximum absolute atomic E-state index is 13.4. The Kier molecular flexibility index (Phi) is 6.69. The lowest BCUT2D eigenvalue weighted by Gasteiger charge is -2.37. The number of primary amides is 1. The monoisotopic (exact) mass is 485 g/mol. The molecule has 1 aliphatic heterocycles. The van der Waals surface area contributed by atoms with Crippen molar-refractivity contribution in [3.05, 3.63) is 52.6 Å². The van der Waals surface area contributed by atoms with E-state index in [4.69, 9.17) is 26.5 Å². The highest BCUT2D eigenvalue weighted by molar-refractivity contribution is 6.30. The number of hydrogen-bond donors (Lipinski definition) is 2. The lowest BCUT2D eigenvalue weighted by molar-refractivity contribution is -0.132. The summed E-state index contributed by atoms with van der Waals surface area (Å²) < 4.78 is 11.3. The van der Waals surface area contributed by atoms with Gasteiger partial charge in [-0.3, -0.25) is 19.4 Å². The average molecular weight is 486 g/mol. The Labute approximate surface area is 200 Å². The number of rotatable bonds is 7. The highest BCUT2D eigenvalue weighted by Gasteiger charge is 2.37. The minimum atomic E-state index is -0.985. The number of methoxy groups -OCH3 is 1. The molecule has 1 fully saturated rings. The van der Waals surface area contributed by atoms with Crippen LogP contribution in [-0.2, 0) is 22.4 Å². The summed E-state index contributed by atoms with van der Waals surface area (Å²) in [4.78, 5) is 47.5. The molecule has 0 spiro atoms. The zero-order valence-corrected chi connectivity index (χ0v) is 19.5. The first-order chi connectivity index (χ1) is 16.2. The third kappa shape index (κ3) is 4.96. The van der Waals surface area contributed by atoms with E-state index >= 15 is 0 Å². The van der Waals surface area contributed by atoms with Crippen LogP contribution in [0.4, 0.5) is 0 Å². The summed E-state index contributed by atoms with van der Waals surface area (Å²) in [6, 6.07) is 5.35. The molecule has 1 aliphatic rings. The molecule has 3 aromatic rings. The molecule has 0 radical (unpaired) electrons. The number of nitrogens with two attached hydrogens (primary N) is 1.